The summed E-state index contributed by atoms with van der Waals surface area (Å²) in [4.78, 5) is 0. The molecule has 4 heteroatoms. The molecule has 0 saturated heterocycles. The highest BCUT2D eigenvalue weighted by Crippen LogP contribution is 2.32. The van der Waals surface area contributed by atoms with Gasteiger partial charge >= 0.3 is 0 Å². The van der Waals surface area contributed by atoms with E-state index in [1.54, 1.807) is 12.1 Å². The van der Waals surface area contributed by atoms with E-state index in [1.165, 1.54) is 16.7 Å². The Morgan fingerprint density at radius 3 is 2.04 bits per heavy atom. The highest BCUT2D eigenvalue weighted by molar-refractivity contribution is 5.78. The molecule has 0 saturated carbocycles. The maximum Gasteiger partial charge on any atom is 0.120 e. The molecule has 24 heavy (non-hydrogen) atoms. The summed E-state index contributed by atoms with van der Waals surface area (Å²) < 4.78 is 0. The summed E-state index contributed by atoms with van der Waals surface area (Å²) in [6.45, 7) is 6.61. The molecule has 1 aromatic heterocycles. The number of aromatic hydroxyl groups is 1. The van der Waals surface area contributed by atoms with Crippen LogP contribution in [0.1, 0.15) is 37.5 Å². The van der Waals surface area contributed by atoms with Gasteiger partial charge in [-0.05, 0) is 72.4 Å². The molecule has 0 radical (unpaired) electrons. The summed E-state index contributed by atoms with van der Waals surface area (Å²) >= 11 is 0. The number of hydrogen-bond acceptors (Lipinski definition) is 3. The molecule has 0 fully saturated rings. The number of phenols is 1. The Morgan fingerprint density at radius 1 is 0.875 bits per heavy atom. The van der Waals surface area contributed by atoms with E-state index in [0.717, 1.165) is 41.8 Å². The standard InChI is InChI=1S/C20H23N3O/c1-4-13-11-16(12-14(5-2)18(13)6-3)20-19(21-23-22-20)15-7-9-17(24)10-8-15/h7-12,24H,4-6H2,1-3H3,(H,21,22,23). The van der Waals surface area contributed by atoms with Crippen LogP contribution < -0.4 is 0 Å². The van der Waals surface area contributed by atoms with Crippen LogP contribution in [0, 0.1) is 0 Å². The maximum absolute atomic E-state index is 9.49. The van der Waals surface area contributed by atoms with Crippen molar-refractivity contribution in [2.75, 3.05) is 0 Å². The summed E-state index contributed by atoms with van der Waals surface area (Å²) in [7, 11) is 0. The van der Waals surface area contributed by atoms with Crippen LogP contribution in [0.25, 0.3) is 22.5 Å². The van der Waals surface area contributed by atoms with E-state index in [2.05, 4.69) is 48.3 Å². The Bertz CT molecular complexity index is 809. The van der Waals surface area contributed by atoms with Crippen LogP contribution in [0.15, 0.2) is 36.4 Å². The molecule has 2 aromatic carbocycles. The van der Waals surface area contributed by atoms with Crippen LogP contribution in [0.2, 0.25) is 0 Å². The van der Waals surface area contributed by atoms with Crippen LogP contribution in [-0.4, -0.2) is 20.5 Å². The second-order valence-electron chi connectivity index (χ2n) is 5.92. The van der Waals surface area contributed by atoms with E-state index < -0.39 is 0 Å². The van der Waals surface area contributed by atoms with Crippen molar-refractivity contribution in [3.63, 3.8) is 0 Å². The molecule has 4 nitrogen and oxygen atoms in total. The Kier molecular flexibility index (Phi) is 4.65. The van der Waals surface area contributed by atoms with Gasteiger partial charge in [-0.3, -0.25) is 5.10 Å². The van der Waals surface area contributed by atoms with Gasteiger partial charge in [0.2, 0.25) is 0 Å². The molecule has 3 rings (SSSR count). The number of aromatic nitrogens is 3. The average Bonchev–Trinajstić information content (AvgIpc) is 3.10. The van der Waals surface area contributed by atoms with Crippen molar-refractivity contribution < 1.29 is 5.11 Å². The van der Waals surface area contributed by atoms with Gasteiger partial charge in [-0.1, -0.05) is 26.0 Å². The first kappa shape index (κ1) is 16.2. The van der Waals surface area contributed by atoms with E-state index >= 15 is 0 Å². The molecule has 0 amide bonds. The molecule has 0 aliphatic carbocycles. The second-order valence-corrected chi connectivity index (χ2v) is 5.92. The third-order valence-corrected chi connectivity index (χ3v) is 4.53. The molecule has 0 aliphatic heterocycles. The first-order chi connectivity index (χ1) is 11.7. The lowest BCUT2D eigenvalue weighted by molar-refractivity contribution is 0.475. The fourth-order valence-electron chi connectivity index (χ4n) is 3.28. The Hall–Kier alpha value is -2.62. The van der Waals surface area contributed by atoms with Crippen molar-refractivity contribution in [1.29, 1.82) is 0 Å². The highest BCUT2D eigenvalue weighted by atomic mass is 16.3. The monoisotopic (exact) mass is 321 g/mol. The lowest BCUT2D eigenvalue weighted by Crippen LogP contribution is -1.99. The van der Waals surface area contributed by atoms with Crippen LogP contribution >= 0.6 is 0 Å². The van der Waals surface area contributed by atoms with Gasteiger partial charge in [0.15, 0.2) is 0 Å². The molecule has 2 N–H and O–H groups in total. The molecule has 0 spiro atoms. The third kappa shape index (κ3) is 2.92. The molecule has 0 aliphatic rings. The molecule has 0 bridgehead atoms. The molecular weight excluding hydrogens is 298 g/mol. The predicted molar refractivity (Wildman–Crippen MR) is 97.1 cm³/mol. The van der Waals surface area contributed by atoms with E-state index in [0.29, 0.717) is 0 Å². The van der Waals surface area contributed by atoms with Crippen molar-refractivity contribution in [3.05, 3.63) is 53.1 Å². The van der Waals surface area contributed by atoms with Crippen LogP contribution in [0.3, 0.4) is 0 Å². The summed E-state index contributed by atoms with van der Waals surface area (Å²) in [5.41, 5.74) is 8.01. The van der Waals surface area contributed by atoms with Crippen molar-refractivity contribution in [2.45, 2.75) is 40.0 Å². The number of nitrogens with one attached hydrogen (secondary N) is 1. The number of H-pyrrole nitrogens is 1. The lowest BCUT2D eigenvalue weighted by Gasteiger charge is -2.14. The van der Waals surface area contributed by atoms with E-state index in [-0.39, 0.29) is 5.75 Å². The fourth-order valence-corrected chi connectivity index (χ4v) is 3.28. The van der Waals surface area contributed by atoms with Crippen LogP contribution in [-0.2, 0) is 19.3 Å². The smallest absolute Gasteiger partial charge is 0.120 e. The van der Waals surface area contributed by atoms with Gasteiger partial charge in [0.05, 0.1) is 5.69 Å². The van der Waals surface area contributed by atoms with Crippen molar-refractivity contribution in [3.8, 4) is 28.3 Å². The van der Waals surface area contributed by atoms with Gasteiger partial charge in [0.1, 0.15) is 11.4 Å². The Balaban J connectivity index is 2.14. The van der Waals surface area contributed by atoms with Crippen LogP contribution in [0.4, 0.5) is 0 Å². The van der Waals surface area contributed by atoms with Crippen molar-refractivity contribution in [2.24, 2.45) is 0 Å². The minimum absolute atomic E-state index is 0.251. The maximum atomic E-state index is 9.49. The van der Waals surface area contributed by atoms with Gasteiger partial charge in [0.25, 0.3) is 0 Å². The second kappa shape index (κ2) is 6.87. The first-order valence-electron chi connectivity index (χ1n) is 8.53. The Morgan fingerprint density at radius 2 is 1.50 bits per heavy atom. The molecular formula is C20H23N3O. The van der Waals surface area contributed by atoms with Gasteiger partial charge in [0, 0.05) is 11.1 Å². The normalized spacial score (nSPS) is 11.0. The summed E-state index contributed by atoms with van der Waals surface area (Å²) in [6, 6.07) is 11.6. The topological polar surface area (TPSA) is 61.8 Å². The Labute approximate surface area is 142 Å². The highest BCUT2D eigenvalue weighted by Gasteiger charge is 2.15. The van der Waals surface area contributed by atoms with Crippen LogP contribution in [0.5, 0.6) is 5.75 Å². The number of aromatic amines is 1. The fraction of sp³-hybridized carbons (Fsp3) is 0.300. The summed E-state index contributed by atoms with van der Waals surface area (Å²) in [5.74, 6) is 0.251. The molecule has 0 unspecified atom stereocenters. The average molecular weight is 321 g/mol. The zero-order chi connectivity index (χ0) is 17.1. The molecule has 0 atom stereocenters. The summed E-state index contributed by atoms with van der Waals surface area (Å²) in [5, 5.41) is 20.8. The zero-order valence-electron chi connectivity index (χ0n) is 14.4. The van der Waals surface area contributed by atoms with E-state index in [9.17, 15) is 5.11 Å². The minimum Gasteiger partial charge on any atom is -0.508 e. The SMILES string of the molecule is CCc1cc(-c2nn[nH]c2-c2ccc(O)cc2)cc(CC)c1CC. The number of benzene rings is 2. The van der Waals surface area contributed by atoms with Gasteiger partial charge in [-0.2, -0.15) is 0 Å². The third-order valence-electron chi connectivity index (χ3n) is 4.53. The number of hydrogen-bond donors (Lipinski definition) is 2. The molecule has 124 valence electrons. The minimum atomic E-state index is 0.251. The molecule has 1 heterocycles. The van der Waals surface area contributed by atoms with Crippen molar-refractivity contribution in [1.82, 2.24) is 15.4 Å². The number of nitrogens with zero attached hydrogens (tertiary/aromatic N) is 2. The van der Waals surface area contributed by atoms with E-state index in [4.69, 9.17) is 0 Å². The largest absolute Gasteiger partial charge is 0.508 e. The predicted octanol–water partition coefficient (Wildman–Crippen LogP) is 4.53. The zero-order valence-corrected chi connectivity index (χ0v) is 14.4. The summed E-state index contributed by atoms with van der Waals surface area (Å²) in [6.07, 6.45) is 3.07. The lowest BCUT2D eigenvalue weighted by atomic mass is 9.91. The van der Waals surface area contributed by atoms with E-state index in [1.807, 2.05) is 12.1 Å². The first-order valence-corrected chi connectivity index (χ1v) is 8.53. The van der Waals surface area contributed by atoms with Gasteiger partial charge in [-0.15, -0.1) is 5.10 Å². The van der Waals surface area contributed by atoms with Gasteiger partial charge in [-0.25, -0.2) is 0 Å². The van der Waals surface area contributed by atoms with Crippen molar-refractivity contribution >= 4 is 0 Å². The number of rotatable bonds is 5. The quantitative estimate of drug-likeness (QED) is 0.725. The number of aryl methyl sites for hydroxylation is 2. The number of phenolic OH excluding ortho intramolecular Hbond substituents is 1. The molecule has 3 aromatic rings. The van der Waals surface area contributed by atoms with Gasteiger partial charge < -0.3 is 5.11 Å².